The van der Waals surface area contributed by atoms with Gasteiger partial charge in [0.05, 0.1) is 13.0 Å². The zero-order chi connectivity index (χ0) is 24.5. The highest BCUT2D eigenvalue weighted by Crippen LogP contribution is 2.14. The van der Waals surface area contributed by atoms with Crippen LogP contribution in [0.1, 0.15) is 21.5 Å². The highest BCUT2D eigenvalue weighted by Gasteiger charge is 2.24. The molecule has 0 bridgehead atoms. The fourth-order valence-electron chi connectivity index (χ4n) is 3.90. The molecule has 1 heterocycles. The van der Waals surface area contributed by atoms with Crippen molar-refractivity contribution < 1.29 is 19.1 Å². The number of benzene rings is 3. The van der Waals surface area contributed by atoms with Gasteiger partial charge in [0.2, 0.25) is 11.8 Å². The van der Waals surface area contributed by atoms with Crippen molar-refractivity contribution in [3.63, 3.8) is 0 Å². The Balaban J connectivity index is 1.18. The molecule has 1 saturated heterocycles. The minimum atomic E-state index is -0.315. The zero-order valence-electron chi connectivity index (χ0n) is 19.6. The van der Waals surface area contributed by atoms with Crippen LogP contribution in [0.2, 0.25) is 0 Å². The molecule has 0 radical (unpaired) electrons. The Kier molecular flexibility index (Phi) is 8.12. The summed E-state index contributed by atoms with van der Waals surface area (Å²) in [6.07, 6.45) is 0.362. The number of carbonyl (C=O) groups excluding carboxylic acids is 3. The van der Waals surface area contributed by atoms with Gasteiger partial charge in [0.25, 0.3) is 5.91 Å². The third-order valence-corrected chi connectivity index (χ3v) is 5.95. The van der Waals surface area contributed by atoms with Crippen LogP contribution < -0.4 is 10.1 Å². The van der Waals surface area contributed by atoms with E-state index >= 15 is 0 Å². The van der Waals surface area contributed by atoms with E-state index in [1.54, 1.807) is 34.1 Å². The third kappa shape index (κ3) is 6.93. The topological polar surface area (TPSA) is 79.0 Å². The molecule has 3 aromatic carbocycles. The van der Waals surface area contributed by atoms with Crippen molar-refractivity contribution in [1.82, 2.24) is 15.1 Å². The van der Waals surface area contributed by atoms with Crippen LogP contribution in [-0.4, -0.2) is 60.2 Å². The second kappa shape index (κ2) is 11.8. The van der Waals surface area contributed by atoms with E-state index in [0.717, 1.165) is 11.1 Å². The standard InChI is InChI=1S/C28H29N3O4/c32-26(19-22-7-3-1-4-8-22)30-15-17-31(18-16-30)27(33)20-29-28(34)24-11-13-25(14-12-24)35-21-23-9-5-2-6-10-23/h1-14H,15-21H2,(H,29,34). The van der Waals surface area contributed by atoms with Gasteiger partial charge in [-0.3, -0.25) is 14.4 Å². The van der Waals surface area contributed by atoms with Gasteiger partial charge in [-0.05, 0) is 35.4 Å². The highest BCUT2D eigenvalue weighted by molar-refractivity contribution is 5.96. The average Bonchev–Trinajstić information content (AvgIpc) is 2.92. The van der Waals surface area contributed by atoms with Crippen molar-refractivity contribution in [1.29, 1.82) is 0 Å². The van der Waals surface area contributed by atoms with Gasteiger partial charge in [0.15, 0.2) is 0 Å². The molecule has 0 unspecified atom stereocenters. The molecule has 1 fully saturated rings. The number of ether oxygens (including phenoxy) is 1. The van der Waals surface area contributed by atoms with Gasteiger partial charge in [-0.2, -0.15) is 0 Å². The monoisotopic (exact) mass is 471 g/mol. The molecule has 3 amide bonds. The maximum absolute atomic E-state index is 12.6. The van der Waals surface area contributed by atoms with E-state index < -0.39 is 0 Å². The SMILES string of the molecule is O=C(NCC(=O)N1CCN(C(=O)Cc2ccccc2)CC1)c1ccc(OCc2ccccc2)cc1. The van der Waals surface area contributed by atoms with Crippen LogP contribution in [-0.2, 0) is 22.6 Å². The number of piperazine rings is 1. The van der Waals surface area contributed by atoms with Crippen LogP contribution in [0.3, 0.4) is 0 Å². The molecule has 1 aliphatic rings. The largest absolute Gasteiger partial charge is 0.489 e. The maximum Gasteiger partial charge on any atom is 0.251 e. The number of hydrogen-bond donors (Lipinski definition) is 1. The molecule has 180 valence electrons. The summed E-state index contributed by atoms with van der Waals surface area (Å²) in [5, 5.41) is 2.69. The molecule has 0 saturated carbocycles. The number of amides is 3. The second-order valence-electron chi connectivity index (χ2n) is 8.41. The van der Waals surface area contributed by atoms with Crippen molar-refractivity contribution >= 4 is 17.7 Å². The summed E-state index contributed by atoms with van der Waals surface area (Å²) in [7, 11) is 0. The number of hydrogen-bond acceptors (Lipinski definition) is 4. The van der Waals surface area contributed by atoms with E-state index in [1.807, 2.05) is 60.7 Å². The Bertz CT molecular complexity index is 1130. The molecule has 7 nitrogen and oxygen atoms in total. The number of nitrogens with one attached hydrogen (secondary N) is 1. The summed E-state index contributed by atoms with van der Waals surface area (Å²) in [5.41, 5.74) is 2.50. The van der Waals surface area contributed by atoms with Gasteiger partial charge in [0, 0.05) is 31.7 Å². The van der Waals surface area contributed by atoms with Crippen molar-refractivity contribution in [2.45, 2.75) is 13.0 Å². The fourth-order valence-corrected chi connectivity index (χ4v) is 3.90. The van der Waals surface area contributed by atoms with Gasteiger partial charge in [-0.25, -0.2) is 0 Å². The van der Waals surface area contributed by atoms with Crippen LogP contribution in [0.5, 0.6) is 5.75 Å². The molecule has 4 rings (SSSR count). The predicted molar refractivity (Wildman–Crippen MR) is 133 cm³/mol. The third-order valence-electron chi connectivity index (χ3n) is 5.95. The van der Waals surface area contributed by atoms with Crippen LogP contribution in [0.25, 0.3) is 0 Å². The van der Waals surface area contributed by atoms with Gasteiger partial charge in [0.1, 0.15) is 12.4 Å². The highest BCUT2D eigenvalue weighted by atomic mass is 16.5. The first-order valence-corrected chi connectivity index (χ1v) is 11.7. The summed E-state index contributed by atoms with van der Waals surface area (Å²) in [6, 6.07) is 26.3. The van der Waals surface area contributed by atoms with Gasteiger partial charge in [-0.1, -0.05) is 60.7 Å². The lowest BCUT2D eigenvalue weighted by Crippen LogP contribution is -2.52. The van der Waals surface area contributed by atoms with E-state index in [9.17, 15) is 14.4 Å². The van der Waals surface area contributed by atoms with Crippen LogP contribution in [0, 0.1) is 0 Å². The average molecular weight is 472 g/mol. The Morgan fingerprint density at radius 2 is 1.23 bits per heavy atom. The fraction of sp³-hybridized carbons (Fsp3) is 0.250. The van der Waals surface area contributed by atoms with Crippen LogP contribution in [0.4, 0.5) is 0 Å². The summed E-state index contributed by atoms with van der Waals surface area (Å²) < 4.78 is 5.74. The summed E-state index contributed by atoms with van der Waals surface area (Å²) in [4.78, 5) is 41.0. The normalized spacial score (nSPS) is 13.3. The lowest BCUT2D eigenvalue weighted by atomic mass is 10.1. The van der Waals surface area contributed by atoms with Crippen molar-refractivity contribution in [2.24, 2.45) is 0 Å². The molecular weight excluding hydrogens is 442 g/mol. The van der Waals surface area contributed by atoms with Crippen molar-refractivity contribution in [3.8, 4) is 5.75 Å². The second-order valence-corrected chi connectivity index (χ2v) is 8.41. The van der Waals surface area contributed by atoms with Gasteiger partial charge >= 0.3 is 0 Å². The van der Waals surface area contributed by atoms with Crippen molar-refractivity contribution in [3.05, 3.63) is 102 Å². The van der Waals surface area contributed by atoms with E-state index in [1.165, 1.54) is 0 Å². The van der Waals surface area contributed by atoms with E-state index in [-0.39, 0.29) is 24.3 Å². The first kappa shape index (κ1) is 24.0. The lowest BCUT2D eigenvalue weighted by molar-refractivity contribution is -0.138. The molecule has 35 heavy (non-hydrogen) atoms. The lowest BCUT2D eigenvalue weighted by Gasteiger charge is -2.35. The van der Waals surface area contributed by atoms with Crippen LogP contribution in [0.15, 0.2) is 84.9 Å². The molecular formula is C28H29N3O4. The van der Waals surface area contributed by atoms with Crippen LogP contribution >= 0.6 is 0 Å². The Labute approximate surface area is 205 Å². The van der Waals surface area contributed by atoms with Gasteiger partial charge in [-0.15, -0.1) is 0 Å². The smallest absolute Gasteiger partial charge is 0.251 e. The first-order valence-electron chi connectivity index (χ1n) is 11.7. The number of carbonyl (C=O) groups is 3. The summed E-state index contributed by atoms with van der Waals surface area (Å²) >= 11 is 0. The zero-order valence-corrected chi connectivity index (χ0v) is 19.6. The maximum atomic E-state index is 12.6. The minimum absolute atomic E-state index is 0.0628. The van der Waals surface area contributed by atoms with Crippen molar-refractivity contribution in [2.75, 3.05) is 32.7 Å². The van der Waals surface area contributed by atoms with E-state index in [2.05, 4.69) is 5.32 Å². The molecule has 7 heteroatoms. The Morgan fingerprint density at radius 1 is 0.686 bits per heavy atom. The number of nitrogens with zero attached hydrogens (tertiary/aromatic N) is 2. The first-order chi connectivity index (χ1) is 17.1. The molecule has 1 aliphatic heterocycles. The molecule has 0 spiro atoms. The Morgan fingerprint density at radius 3 is 1.83 bits per heavy atom. The summed E-state index contributed by atoms with van der Waals surface area (Å²) in [6.45, 7) is 2.28. The minimum Gasteiger partial charge on any atom is -0.489 e. The van der Waals surface area contributed by atoms with Gasteiger partial charge < -0.3 is 19.9 Å². The molecule has 1 N–H and O–H groups in total. The van der Waals surface area contributed by atoms with E-state index in [0.29, 0.717) is 50.5 Å². The molecule has 0 aliphatic carbocycles. The summed E-state index contributed by atoms with van der Waals surface area (Å²) in [5.74, 6) is 0.259. The Hall–Kier alpha value is -4.13. The molecule has 0 atom stereocenters. The van der Waals surface area contributed by atoms with E-state index in [4.69, 9.17) is 4.74 Å². The predicted octanol–water partition coefficient (Wildman–Crippen LogP) is 2.91. The quantitative estimate of drug-likeness (QED) is 0.548. The number of rotatable bonds is 8. The molecule has 3 aromatic rings. The molecule has 0 aromatic heterocycles.